The van der Waals surface area contributed by atoms with Gasteiger partial charge in [0.15, 0.2) is 12.2 Å². The van der Waals surface area contributed by atoms with Gasteiger partial charge in [0.25, 0.3) is 0 Å². The Kier molecular flexibility index (Phi) is 7.93. The van der Waals surface area contributed by atoms with Gasteiger partial charge in [-0.2, -0.15) is 0 Å². The van der Waals surface area contributed by atoms with Crippen LogP contribution in [0.15, 0.2) is 63.8 Å². The number of rotatable bonds is 9. The van der Waals surface area contributed by atoms with E-state index in [0.717, 1.165) is 25.7 Å². The summed E-state index contributed by atoms with van der Waals surface area (Å²) in [4.78, 5) is 38.9. The Bertz CT molecular complexity index is 1100. The van der Waals surface area contributed by atoms with Crippen molar-refractivity contribution < 1.29 is 37.4 Å². The molecule has 3 unspecified atom stereocenters. The Morgan fingerprint density at radius 3 is 1.53 bits per heavy atom. The average Bonchev–Trinajstić information content (AvgIpc) is 3.66. The maximum atomic E-state index is 13.0. The predicted octanol–water partition coefficient (Wildman–Crippen LogP) is 6.44. The maximum Gasteiger partial charge on any atom is 0.338 e. The molecule has 0 N–H and O–H groups in total. The molecule has 0 amide bonds. The van der Waals surface area contributed by atoms with Gasteiger partial charge in [0.05, 0.1) is 29.2 Å². The first-order valence-corrected chi connectivity index (χ1v) is 12.2. The first kappa shape index (κ1) is 25.3. The van der Waals surface area contributed by atoms with Crippen LogP contribution < -0.4 is 0 Å². The molecule has 0 radical (unpaired) electrons. The van der Waals surface area contributed by atoms with E-state index in [1.54, 1.807) is 38.1 Å². The lowest BCUT2D eigenvalue weighted by Crippen LogP contribution is -2.23. The third-order valence-corrected chi connectivity index (χ3v) is 6.45. The summed E-state index contributed by atoms with van der Waals surface area (Å²) in [5, 5.41) is 0. The summed E-state index contributed by atoms with van der Waals surface area (Å²) in [5.74, 6) is -0.811. The molecule has 2 aromatic heterocycles. The SMILES string of the molecule is CC(OC(=O)c1cc(C(=O)OC(C)c2ccco2)cc(C(=O)OC(C)C2CCCC2)c1)c1ccco1. The van der Waals surface area contributed by atoms with Gasteiger partial charge in [-0.3, -0.25) is 0 Å². The summed E-state index contributed by atoms with van der Waals surface area (Å²) in [6.07, 6.45) is 5.61. The first-order valence-electron chi connectivity index (χ1n) is 12.2. The van der Waals surface area contributed by atoms with E-state index in [1.165, 1.54) is 30.7 Å². The van der Waals surface area contributed by atoms with Gasteiger partial charge in [0.1, 0.15) is 17.6 Å². The number of carbonyl (C=O) groups excluding carboxylic acids is 3. The molecule has 0 aliphatic heterocycles. The molecular weight excluding hydrogens is 464 g/mol. The molecule has 1 aromatic carbocycles. The van der Waals surface area contributed by atoms with Crippen LogP contribution in [0.5, 0.6) is 0 Å². The van der Waals surface area contributed by atoms with Crippen molar-refractivity contribution in [1.29, 1.82) is 0 Å². The van der Waals surface area contributed by atoms with Crippen molar-refractivity contribution >= 4 is 17.9 Å². The van der Waals surface area contributed by atoms with E-state index >= 15 is 0 Å². The fourth-order valence-electron chi connectivity index (χ4n) is 4.36. The second-order valence-corrected chi connectivity index (χ2v) is 9.08. The topological polar surface area (TPSA) is 105 Å². The number of esters is 3. The van der Waals surface area contributed by atoms with Crippen molar-refractivity contribution in [3.05, 3.63) is 83.2 Å². The van der Waals surface area contributed by atoms with Gasteiger partial charge in [-0.15, -0.1) is 0 Å². The van der Waals surface area contributed by atoms with Crippen LogP contribution >= 0.6 is 0 Å². The fourth-order valence-corrected chi connectivity index (χ4v) is 4.36. The summed E-state index contributed by atoms with van der Waals surface area (Å²) in [7, 11) is 0. The van der Waals surface area contributed by atoms with E-state index in [0.29, 0.717) is 17.4 Å². The van der Waals surface area contributed by atoms with Crippen molar-refractivity contribution in [2.45, 2.75) is 64.8 Å². The second-order valence-electron chi connectivity index (χ2n) is 9.08. The Labute approximate surface area is 209 Å². The van der Waals surface area contributed by atoms with Crippen molar-refractivity contribution in [3.8, 4) is 0 Å². The van der Waals surface area contributed by atoms with Gasteiger partial charge in [-0.05, 0) is 82.0 Å². The van der Waals surface area contributed by atoms with Crippen LogP contribution in [0, 0.1) is 5.92 Å². The van der Waals surface area contributed by atoms with Gasteiger partial charge in [-0.25, -0.2) is 14.4 Å². The van der Waals surface area contributed by atoms with E-state index in [-0.39, 0.29) is 22.8 Å². The van der Waals surface area contributed by atoms with Crippen LogP contribution in [0.25, 0.3) is 0 Å². The largest absolute Gasteiger partial charge is 0.465 e. The zero-order chi connectivity index (χ0) is 25.7. The summed E-state index contributed by atoms with van der Waals surface area (Å²) in [5.41, 5.74) is 0.112. The van der Waals surface area contributed by atoms with Crippen molar-refractivity contribution in [3.63, 3.8) is 0 Å². The summed E-state index contributed by atoms with van der Waals surface area (Å²) >= 11 is 0. The third kappa shape index (κ3) is 6.05. The smallest absolute Gasteiger partial charge is 0.338 e. The molecule has 3 aromatic rings. The molecule has 190 valence electrons. The highest BCUT2D eigenvalue weighted by molar-refractivity contribution is 6.00. The highest BCUT2D eigenvalue weighted by atomic mass is 16.6. The minimum absolute atomic E-state index is 0.0222. The van der Waals surface area contributed by atoms with Crippen LogP contribution in [0.4, 0.5) is 0 Å². The molecule has 1 saturated carbocycles. The van der Waals surface area contributed by atoms with Gasteiger partial charge in [0, 0.05) is 0 Å². The predicted molar refractivity (Wildman–Crippen MR) is 128 cm³/mol. The molecule has 1 aliphatic rings. The normalized spacial score (nSPS) is 16.2. The fraction of sp³-hybridized carbons (Fsp3) is 0.393. The molecule has 36 heavy (non-hydrogen) atoms. The first-order chi connectivity index (χ1) is 17.3. The number of benzene rings is 1. The number of ether oxygens (including phenoxy) is 3. The number of hydrogen-bond acceptors (Lipinski definition) is 8. The van der Waals surface area contributed by atoms with E-state index in [1.807, 2.05) is 6.92 Å². The zero-order valence-corrected chi connectivity index (χ0v) is 20.6. The summed E-state index contributed by atoms with van der Waals surface area (Å²) < 4.78 is 27.3. The van der Waals surface area contributed by atoms with Crippen molar-refractivity contribution in [2.75, 3.05) is 0 Å². The number of carbonyl (C=O) groups is 3. The monoisotopic (exact) mass is 494 g/mol. The molecule has 2 heterocycles. The quantitative estimate of drug-likeness (QED) is 0.247. The Balaban J connectivity index is 1.57. The molecule has 4 rings (SSSR count). The van der Waals surface area contributed by atoms with E-state index in [2.05, 4.69) is 0 Å². The zero-order valence-electron chi connectivity index (χ0n) is 20.6. The standard InChI is InChI=1S/C28H30O8/c1-17(20-8-4-5-9-20)34-26(29)21-14-22(27(30)35-18(2)24-10-6-12-32-24)16-23(15-21)28(31)36-19(3)25-11-7-13-33-25/h6-7,10-20H,4-5,8-9H2,1-3H3. The van der Waals surface area contributed by atoms with Crippen LogP contribution in [0.1, 0.15) is 101 Å². The van der Waals surface area contributed by atoms with Crippen molar-refractivity contribution in [2.24, 2.45) is 5.92 Å². The van der Waals surface area contributed by atoms with Gasteiger partial charge < -0.3 is 23.0 Å². The molecule has 8 nitrogen and oxygen atoms in total. The summed E-state index contributed by atoms with van der Waals surface area (Å²) in [6, 6.07) is 10.8. The molecule has 1 aliphatic carbocycles. The average molecular weight is 495 g/mol. The Morgan fingerprint density at radius 1 is 0.722 bits per heavy atom. The third-order valence-electron chi connectivity index (χ3n) is 6.45. The van der Waals surface area contributed by atoms with Gasteiger partial charge in [-0.1, -0.05) is 12.8 Å². The lowest BCUT2D eigenvalue weighted by Gasteiger charge is -2.20. The molecule has 0 saturated heterocycles. The second kappa shape index (κ2) is 11.3. The minimum atomic E-state index is -0.717. The van der Waals surface area contributed by atoms with Crippen LogP contribution in [0.3, 0.4) is 0 Å². The van der Waals surface area contributed by atoms with Gasteiger partial charge in [0.2, 0.25) is 0 Å². The lowest BCUT2D eigenvalue weighted by molar-refractivity contribution is 0.0204. The molecule has 0 spiro atoms. The van der Waals surface area contributed by atoms with E-state index in [4.69, 9.17) is 23.0 Å². The van der Waals surface area contributed by atoms with E-state index < -0.39 is 30.1 Å². The Morgan fingerprint density at radius 2 is 1.14 bits per heavy atom. The maximum absolute atomic E-state index is 13.0. The number of furan rings is 2. The molecule has 1 fully saturated rings. The van der Waals surface area contributed by atoms with Crippen LogP contribution in [-0.2, 0) is 14.2 Å². The highest BCUT2D eigenvalue weighted by Crippen LogP contribution is 2.30. The van der Waals surface area contributed by atoms with E-state index in [9.17, 15) is 14.4 Å². The highest BCUT2D eigenvalue weighted by Gasteiger charge is 2.27. The van der Waals surface area contributed by atoms with Gasteiger partial charge >= 0.3 is 17.9 Å². The minimum Gasteiger partial charge on any atom is -0.465 e. The van der Waals surface area contributed by atoms with Crippen LogP contribution in [0.2, 0.25) is 0 Å². The Hall–Kier alpha value is -3.81. The number of hydrogen-bond donors (Lipinski definition) is 0. The summed E-state index contributed by atoms with van der Waals surface area (Å²) in [6.45, 7) is 5.20. The molecular formula is C28H30O8. The molecule has 8 heteroatoms. The lowest BCUT2D eigenvalue weighted by atomic mass is 10.0. The molecule has 0 bridgehead atoms. The molecule has 3 atom stereocenters. The van der Waals surface area contributed by atoms with Crippen LogP contribution in [-0.4, -0.2) is 24.0 Å². The van der Waals surface area contributed by atoms with Crippen molar-refractivity contribution in [1.82, 2.24) is 0 Å².